The van der Waals surface area contributed by atoms with Gasteiger partial charge in [0, 0.05) is 25.2 Å². The average molecular weight is 530 g/mol. The molecule has 0 saturated carbocycles. The Hall–Kier alpha value is -3.08. The van der Waals surface area contributed by atoms with E-state index >= 15 is 0 Å². The molecule has 0 atom stereocenters. The molecule has 8 nitrogen and oxygen atoms in total. The molecule has 1 aromatic heterocycles. The van der Waals surface area contributed by atoms with Crippen LogP contribution in [-0.2, 0) is 21.3 Å². The number of benzene rings is 2. The summed E-state index contributed by atoms with van der Waals surface area (Å²) in [6.45, 7) is 11.0. The summed E-state index contributed by atoms with van der Waals surface area (Å²) in [6.07, 6.45) is 3.14. The Bertz CT molecular complexity index is 1410. The fourth-order valence-corrected chi connectivity index (χ4v) is 6.43. The first-order valence-electron chi connectivity index (χ1n) is 11.9. The summed E-state index contributed by atoms with van der Waals surface area (Å²) in [5.74, 6) is -0.906. The predicted molar refractivity (Wildman–Crippen MR) is 142 cm³/mol. The minimum absolute atomic E-state index is 0.149. The van der Waals surface area contributed by atoms with E-state index in [1.807, 2.05) is 18.4 Å². The Kier molecular flexibility index (Phi) is 9.36. The third-order valence-electron chi connectivity index (χ3n) is 5.39. The highest BCUT2D eigenvalue weighted by Crippen LogP contribution is 2.21. The second-order valence-electron chi connectivity index (χ2n) is 8.03. The van der Waals surface area contributed by atoms with Gasteiger partial charge in [0.05, 0.1) is 27.3 Å². The molecule has 0 saturated heterocycles. The Balaban J connectivity index is 1.96. The molecule has 2 aromatic carbocycles. The van der Waals surface area contributed by atoms with Gasteiger partial charge in [0.25, 0.3) is 5.91 Å². The summed E-state index contributed by atoms with van der Waals surface area (Å²) in [5.41, 5.74) is 1.51. The monoisotopic (exact) mass is 529 g/mol. The summed E-state index contributed by atoms with van der Waals surface area (Å²) in [5, 5.41) is 0. The van der Waals surface area contributed by atoms with E-state index in [1.54, 1.807) is 31.2 Å². The molecular weight excluding hydrogens is 498 g/mol. The highest BCUT2D eigenvalue weighted by molar-refractivity contribution is 7.89. The van der Waals surface area contributed by atoms with Gasteiger partial charge in [-0.25, -0.2) is 13.2 Å². The number of sulfonamides is 1. The Morgan fingerprint density at radius 2 is 1.69 bits per heavy atom. The minimum Gasteiger partial charge on any atom is -0.462 e. The topological polar surface area (TPSA) is 98.0 Å². The van der Waals surface area contributed by atoms with Crippen molar-refractivity contribution in [3.8, 4) is 0 Å². The Labute approximate surface area is 215 Å². The second-order valence-corrected chi connectivity index (χ2v) is 11.0. The SMILES string of the molecule is C=CCn1c(=NC(=O)c2ccc(S(=O)(=O)N(CCC)CCC)cc2)sc2cc(C(=O)OCC)ccc21. The molecular formula is C26H31N3O5S2. The van der Waals surface area contributed by atoms with Crippen molar-refractivity contribution in [2.75, 3.05) is 19.7 Å². The zero-order chi connectivity index (χ0) is 26.3. The fraction of sp³-hybridized carbons (Fsp3) is 0.346. The lowest BCUT2D eigenvalue weighted by Gasteiger charge is -2.21. The van der Waals surface area contributed by atoms with Gasteiger partial charge in [0.15, 0.2) is 4.80 Å². The highest BCUT2D eigenvalue weighted by Gasteiger charge is 2.23. The van der Waals surface area contributed by atoms with Crippen molar-refractivity contribution in [2.45, 2.75) is 45.1 Å². The molecule has 192 valence electrons. The molecule has 0 unspecified atom stereocenters. The molecule has 0 N–H and O–H groups in total. The summed E-state index contributed by atoms with van der Waals surface area (Å²) in [7, 11) is -3.63. The zero-order valence-corrected chi connectivity index (χ0v) is 22.4. The molecule has 3 aromatic rings. The van der Waals surface area contributed by atoms with Gasteiger partial charge in [-0.15, -0.1) is 6.58 Å². The number of aromatic nitrogens is 1. The lowest BCUT2D eigenvalue weighted by molar-refractivity contribution is 0.0526. The number of carbonyl (C=O) groups excluding carboxylic acids is 2. The lowest BCUT2D eigenvalue weighted by Crippen LogP contribution is -2.32. The largest absolute Gasteiger partial charge is 0.462 e. The molecule has 0 aliphatic carbocycles. The van der Waals surface area contributed by atoms with Crippen LogP contribution in [0.25, 0.3) is 10.2 Å². The van der Waals surface area contributed by atoms with E-state index in [1.165, 1.54) is 39.9 Å². The zero-order valence-electron chi connectivity index (χ0n) is 20.8. The summed E-state index contributed by atoms with van der Waals surface area (Å²) in [6, 6.07) is 11.1. The number of hydrogen-bond acceptors (Lipinski definition) is 6. The van der Waals surface area contributed by atoms with Crippen molar-refractivity contribution < 1.29 is 22.7 Å². The van der Waals surface area contributed by atoms with Crippen LogP contribution >= 0.6 is 11.3 Å². The smallest absolute Gasteiger partial charge is 0.338 e. The molecule has 36 heavy (non-hydrogen) atoms. The van der Waals surface area contributed by atoms with Crippen LogP contribution in [0.4, 0.5) is 0 Å². The minimum atomic E-state index is -3.63. The van der Waals surface area contributed by atoms with E-state index in [9.17, 15) is 18.0 Å². The molecule has 10 heteroatoms. The van der Waals surface area contributed by atoms with E-state index in [2.05, 4.69) is 11.6 Å². The fourth-order valence-electron chi connectivity index (χ4n) is 3.73. The number of thiazole rings is 1. The van der Waals surface area contributed by atoms with Crippen molar-refractivity contribution in [1.82, 2.24) is 8.87 Å². The van der Waals surface area contributed by atoms with Gasteiger partial charge in [0.1, 0.15) is 0 Å². The van der Waals surface area contributed by atoms with Crippen LogP contribution in [0.3, 0.4) is 0 Å². The number of carbonyl (C=O) groups is 2. The molecule has 0 aliphatic rings. The third kappa shape index (κ3) is 6.00. The Morgan fingerprint density at radius 1 is 1.06 bits per heavy atom. The number of allylic oxidation sites excluding steroid dienone is 1. The van der Waals surface area contributed by atoms with Gasteiger partial charge < -0.3 is 9.30 Å². The quantitative estimate of drug-likeness (QED) is 0.267. The van der Waals surface area contributed by atoms with Crippen LogP contribution in [0.2, 0.25) is 0 Å². The van der Waals surface area contributed by atoms with Gasteiger partial charge in [-0.05, 0) is 62.2 Å². The predicted octanol–water partition coefficient (Wildman–Crippen LogP) is 4.62. The van der Waals surface area contributed by atoms with Crippen molar-refractivity contribution in [3.63, 3.8) is 0 Å². The number of ether oxygens (including phenoxy) is 1. The molecule has 0 bridgehead atoms. The van der Waals surface area contributed by atoms with Gasteiger partial charge in [-0.3, -0.25) is 4.79 Å². The normalized spacial score (nSPS) is 12.3. The maximum Gasteiger partial charge on any atom is 0.338 e. The number of fused-ring (bicyclic) bond motifs is 1. The molecule has 3 rings (SSSR count). The second kappa shape index (κ2) is 12.2. The van der Waals surface area contributed by atoms with Crippen molar-refractivity contribution in [1.29, 1.82) is 0 Å². The molecule has 0 aliphatic heterocycles. The standard InChI is InChI=1S/C26H31N3O5S2/c1-5-15-28(16-6-2)36(32,33)21-12-9-19(10-13-21)24(30)27-26-29(17-7-3)22-14-11-20(18-23(22)35-26)25(31)34-8-4/h7,9-14,18H,3,5-6,8,15-17H2,1-2,4H3. The third-order valence-corrected chi connectivity index (χ3v) is 8.34. The molecule has 0 radical (unpaired) electrons. The number of rotatable bonds is 11. The van der Waals surface area contributed by atoms with E-state index in [0.717, 1.165) is 23.1 Å². The molecule has 1 amide bonds. The van der Waals surface area contributed by atoms with Gasteiger partial charge in [-0.2, -0.15) is 9.30 Å². The van der Waals surface area contributed by atoms with Crippen molar-refractivity contribution in [3.05, 3.63) is 71.0 Å². The first kappa shape index (κ1) is 27.5. The average Bonchev–Trinajstić information content (AvgIpc) is 3.20. The van der Waals surface area contributed by atoms with E-state index < -0.39 is 21.9 Å². The Morgan fingerprint density at radius 3 is 2.28 bits per heavy atom. The summed E-state index contributed by atoms with van der Waals surface area (Å²) < 4.78 is 35.1. The van der Waals surface area contributed by atoms with Crippen LogP contribution in [0.15, 0.2) is 65.0 Å². The first-order valence-corrected chi connectivity index (χ1v) is 14.1. The molecule has 0 fully saturated rings. The number of hydrogen-bond donors (Lipinski definition) is 0. The van der Waals surface area contributed by atoms with Gasteiger partial charge in [0.2, 0.25) is 10.0 Å². The van der Waals surface area contributed by atoms with E-state index in [-0.39, 0.29) is 17.1 Å². The number of esters is 1. The van der Waals surface area contributed by atoms with Crippen LogP contribution in [0.1, 0.15) is 54.3 Å². The highest BCUT2D eigenvalue weighted by atomic mass is 32.2. The van der Waals surface area contributed by atoms with Crippen LogP contribution in [-0.4, -0.2) is 48.9 Å². The summed E-state index contributed by atoms with van der Waals surface area (Å²) >= 11 is 1.28. The maximum absolute atomic E-state index is 13.0. The van der Waals surface area contributed by atoms with Crippen LogP contribution in [0.5, 0.6) is 0 Å². The number of nitrogens with zero attached hydrogens (tertiary/aromatic N) is 3. The van der Waals surface area contributed by atoms with E-state index in [0.29, 0.717) is 30.0 Å². The van der Waals surface area contributed by atoms with Crippen LogP contribution < -0.4 is 4.80 Å². The van der Waals surface area contributed by atoms with Gasteiger partial charge >= 0.3 is 5.97 Å². The van der Waals surface area contributed by atoms with Crippen LogP contribution in [0, 0.1) is 0 Å². The first-order chi connectivity index (χ1) is 17.3. The van der Waals surface area contributed by atoms with Crippen molar-refractivity contribution >= 4 is 43.5 Å². The maximum atomic E-state index is 13.0. The molecule has 1 heterocycles. The summed E-state index contributed by atoms with van der Waals surface area (Å²) in [4.78, 5) is 30.0. The van der Waals surface area contributed by atoms with E-state index in [4.69, 9.17) is 4.74 Å². The van der Waals surface area contributed by atoms with Gasteiger partial charge in [-0.1, -0.05) is 31.3 Å². The lowest BCUT2D eigenvalue weighted by atomic mass is 10.2. The molecule has 0 spiro atoms. The van der Waals surface area contributed by atoms with Crippen molar-refractivity contribution in [2.24, 2.45) is 4.99 Å². The number of amides is 1.